The number of hydrogen-bond donors (Lipinski definition) is 1. The molecule has 0 aromatic carbocycles. The van der Waals surface area contributed by atoms with Crippen molar-refractivity contribution in [3.63, 3.8) is 0 Å². The van der Waals surface area contributed by atoms with Crippen molar-refractivity contribution >= 4 is 0 Å². The molecular formula is C22H42N2O. The van der Waals surface area contributed by atoms with Crippen LogP contribution in [-0.2, 0) is 4.74 Å². The SMILES string of the molecule is CC.CCOC1CC2(C1)CC(C1CCN(CC3CCNCC3)CC1)C2. The van der Waals surface area contributed by atoms with Crippen LogP contribution >= 0.6 is 0 Å². The van der Waals surface area contributed by atoms with E-state index in [9.17, 15) is 0 Å². The summed E-state index contributed by atoms with van der Waals surface area (Å²) in [7, 11) is 0. The van der Waals surface area contributed by atoms with E-state index in [1.165, 1.54) is 84.1 Å². The van der Waals surface area contributed by atoms with Gasteiger partial charge in [-0.25, -0.2) is 0 Å². The lowest BCUT2D eigenvalue weighted by atomic mass is 9.48. The zero-order chi connectivity index (χ0) is 17.7. The van der Waals surface area contributed by atoms with Gasteiger partial charge in [0.1, 0.15) is 0 Å². The van der Waals surface area contributed by atoms with Crippen LogP contribution in [0.5, 0.6) is 0 Å². The molecule has 4 aliphatic rings. The van der Waals surface area contributed by atoms with Gasteiger partial charge in [-0.1, -0.05) is 13.8 Å². The standard InChI is InChI=1S/C20H36N2O.C2H6/c1-2-23-19-13-20(14-19)11-18(12-20)17-5-9-22(10-6-17)15-16-3-7-21-8-4-16;1-2/h16-19,21H,2-15H2,1H3;1-2H3. The van der Waals surface area contributed by atoms with Crippen LogP contribution in [0.1, 0.15) is 72.1 Å². The van der Waals surface area contributed by atoms with E-state index in [-0.39, 0.29) is 0 Å². The van der Waals surface area contributed by atoms with Crippen molar-refractivity contribution in [1.29, 1.82) is 0 Å². The fourth-order valence-corrected chi connectivity index (χ4v) is 6.02. The smallest absolute Gasteiger partial charge is 0.0585 e. The van der Waals surface area contributed by atoms with Gasteiger partial charge < -0.3 is 15.0 Å². The molecule has 146 valence electrons. The van der Waals surface area contributed by atoms with Crippen LogP contribution in [0.3, 0.4) is 0 Å². The summed E-state index contributed by atoms with van der Waals surface area (Å²) in [6.07, 6.45) is 12.1. The maximum absolute atomic E-state index is 5.76. The Kier molecular flexibility index (Phi) is 7.22. The van der Waals surface area contributed by atoms with Crippen molar-refractivity contribution in [1.82, 2.24) is 10.2 Å². The Bertz CT molecular complexity index is 371. The first kappa shape index (κ1) is 19.6. The Morgan fingerprint density at radius 1 is 0.920 bits per heavy atom. The van der Waals surface area contributed by atoms with Gasteiger partial charge >= 0.3 is 0 Å². The second-order valence-corrected chi connectivity index (χ2v) is 8.99. The predicted molar refractivity (Wildman–Crippen MR) is 106 cm³/mol. The Labute approximate surface area is 156 Å². The van der Waals surface area contributed by atoms with Crippen molar-refractivity contribution in [2.24, 2.45) is 23.2 Å². The molecule has 2 saturated heterocycles. The summed E-state index contributed by atoms with van der Waals surface area (Å²) in [6.45, 7) is 13.6. The van der Waals surface area contributed by atoms with Gasteiger partial charge in [-0.2, -0.15) is 0 Å². The molecule has 0 aromatic heterocycles. The minimum Gasteiger partial charge on any atom is -0.378 e. The molecule has 0 unspecified atom stereocenters. The van der Waals surface area contributed by atoms with Gasteiger partial charge in [0.15, 0.2) is 0 Å². The van der Waals surface area contributed by atoms with Gasteiger partial charge in [-0.3, -0.25) is 0 Å². The molecule has 0 radical (unpaired) electrons. The Morgan fingerprint density at radius 3 is 2.16 bits per heavy atom. The molecular weight excluding hydrogens is 308 g/mol. The lowest BCUT2D eigenvalue weighted by Crippen LogP contribution is -2.53. The number of likely N-dealkylation sites (tertiary alicyclic amines) is 1. The quantitative estimate of drug-likeness (QED) is 0.799. The molecule has 0 amide bonds. The number of piperidine rings is 2. The highest BCUT2D eigenvalue weighted by molar-refractivity contribution is 5.05. The van der Waals surface area contributed by atoms with Crippen LogP contribution in [0.15, 0.2) is 0 Å². The average Bonchev–Trinajstić information content (AvgIpc) is 2.60. The van der Waals surface area contributed by atoms with Gasteiger partial charge in [0.05, 0.1) is 6.10 Å². The molecule has 3 nitrogen and oxygen atoms in total. The molecule has 4 rings (SSSR count). The summed E-state index contributed by atoms with van der Waals surface area (Å²) in [6, 6.07) is 0. The first-order chi connectivity index (χ1) is 12.3. The maximum Gasteiger partial charge on any atom is 0.0585 e. The van der Waals surface area contributed by atoms with Crippen LogP contribution in [0.25, 0.3) is 0 Å². The Balaban J connectivity index is 0.000000880. The van der Waals surface area contributed by atoms with E-state index < -0.39 is 0 Å². The van der Waals surface area contributed by atoms with E-state index in [2.05, 4.69) is 17.1 Å². The monoisotopic (exact) mass is 350 g/mol. The lowest BCUT2D eigenvalue weighted by molar-refractivity contribution is -0.149. The highest BCUT2D eigenvalue weighted by Gasteiger charge is 2.54. The molecule has 2 saturated carbocycles. The molecule has 1 spiro atoms. The second-order valence-electron chi connectivity index (χ2n) is 8.99. The molecule has 0 aromatic rings. The minimum absolute atomic E-state index is 0.604. The number of ether oxygens (including phenoxy) is 1. The molecule has 2 aliphatic heterocycles. The number of nitrogens with zero attached hydrogens (tertiary/aromatic N) is 1. The number of rotatable bonds is 5. The van der Waals surface area contributed by atoms with Crippen LogP contribution in [0.4, 0.5) is 0 Å². The Hall–Kier alpha value is -0.120. The third-order valence-corrected chi connectivity index (χ3v) is 7.39. The van der Waals surface area contributed by atoms with Crippen LogP contribution in [0.2, 0.25) is 0 Å². The van der Waals surface area contributed by atoms with Crippen molar-refractivity contribution < 1.29 is 4.74 Å². The van der Waals surface area contributed by atoms with Crippen LogP contribution < -0.4 is 5.32 Å². The summed E-state index contributed by atoms with van der Waals surface area (Å²) < 4.78 is 5.76. The largest absolute Gasteiger partial charge is 0.378 e. The molecule has 0 atom stereocenters. The molecule has 25 heavy (non-hydrogen) atoms. The fraction of sp³-hybridized carbons (Fsp3) is 1.00. The van der Waals surface area contributed by atoms with Gasteiger partial charge in [0.2, 0.25) is 0 Å². The highest BCUT2D eigenvalue weighted by atomic mass is 16.5. The molecule has 2 heterocycles. The zero-order valence-electron chi connectivity index (χ0n) is 17.1. The lowest BCUT2D eigenvalue weighted by Gasteiger charge is -2.60. The zero-order valence-corrected chi connectivity index (χ0v) is 17.1. The van der Waals surface area contributed by atoms with E-state index in [0.717, 1.165) is 29.8 Å². The normalized spacial score (nSPS) is 37.1. The molecule has 2 aliphatic carbocycles. The first-order valence-electron chi connectivity index (χ1n) is 11.3. The van der Waals surface area contributed by atoms with Crippen molar-refractivity contribution in [2.45, 2.75) is 78.2 Å². The van der Waals surface area contributed by atoms with Gasteiger partial charge in [-0.15, -0.1) is 0 Å². The van der Waals surface area contributed by atoms with E-state index in [1.807, 2.05) is 13.8 Å². The predicted octanol–water partition coefficient (Wildman–Crippen LogP) is 4.32. The molecule has 3 heteroatoms. The Morgan fingerprint density at radius 2 is 1.56 bits per heavy atom. The van der Waals surface area contributed by atoms with E-state index in [1.54, 1.807) is 0 Å². The summed E-state index contributed by atoms with van der Waals surface area (Å²) in [5, 5.41) is 3.49. The summed E-state index contributed by atoms with van der Waals surface area (Å²) in [5.74, 6) is 3.06. The van der Waals surface area contributed by atoms with Crippen molar-refractivity contribution in [3.05, 3.63) is 0 Å². The molecule has 4 fully saturated rings. The van der Waals surface area contributed by atoms with Gasteiger partial charge in [-0.05, 0) is 108 Å². The summed E-state index contributed by atoms with van der Waals surface area (Å²) >= 11 is 0. The number of nitrogens with one attached hydrogen (secondary N) is 1. The second kappa shape index (κ2) is 9.19. The van der Waals surface area contributed by atoms with Crippen LogP contribution in [-0.4, -0.2) is 50.3 Å². The minimum atomic E-state index is 0.604. The third-order valence-electron chi connectivity index (χ3n) is 7.39. The van der Waals surface area contributed by atoms with Gasteiger partial charge in [0, 0.05) is 13.2 Å². The number of hydrogen-bond acceptors (Lipinski definition) is 3. The summed E-state index contributed by atoms with van der Waals surface area (Å²) in [5.41, 5.74) is 0.733. The van der Waals surface area contributed by atoms with E-state index in [4.69, 9.17) is 4.74 Å². The summed E-state index contributed by atoms with van der Waals surface area (Å²) in [4.78, 5) is 2.77. The van der Waals surface area contributed by atoms with Crippen LogP contribution in [0, 0.1) is 23.2 Å². The fourth-order valence-electron chi connectivity index (χ4n) is 6.02. The highest BCUT2D eigenvalue weighted by Crippen LogP contribution is 2.62. The topological polar surface area (TPSA) is 24.5 Å². The third kappa shape index (κ3) is 4.78. The van der Waals surface area contributed by atoms with Crippen molar-refractivity contribution in [3.8, 4) is 0 Å². The first-order valence-corrected chi connectivity index (χ1v) is 11.3. The van der Waals surface area contributed by atoms with Gasteiger partial charge in [0.25, 0.3) is 0 Å². The van der Waals surface area contributed by atoms with Crippen molar-refractivity contribution in [2.75, 3.05) is 39.3 Å². The maximum atomic E-state index is 5.76. The molecule has 1 N–H and O–H groups in total. The van der Waals surface area contributed by atoms with E-state index in [0.29, 0.717) is 6.10 Å². The average molecular weight is 351 g/mol. The molecule has 0 bridgehead atoms. The van der Waals surface area contributed by atoms with E-state index >= 15 is 0 Å².